The number of benzene rings is 2. The maximum atomic E-state index is 12.8. The van der Waals surface area contributed by atoms with Crippen LogP contribution in [0.4, 0.5) is 26.3 Å². The third kappa shape index (κ3) is 5.76. The van der Waals surface area contributed by atoms with Crippen molar-refractivity contribution in [2.45, 2.75) is 37.7 Å². The predicted molar refractivity (Wildman–Crippen MR) is 99.5 cm³/mol. The molecule has 0 saturated carbocycles. The van der Waals surface area contributed by atoms with Gasteiger partial charge in [0, 0.05) is 12.6 Å². The third-order valence-electron chi connectivity index (χ3n) is 4.96. The Bertz CT molecular complexity index is 725. The van der Waals surface area contributed by atoms with Crippen LogP contribution in [0, 0.1) is 0 Å². The number of alkyl halides is 6. The van der Waals surface area contributed by atoms with Gasteiger partial charge in [0.25, 0.3) is 0 Å². The number of hydrogen-bond acceptors (Lipinski definition) is 2. The zero-order chi connectivity index (χ0) is 21.1. The molecule has 156 valence electrons. The molecule has 1 atom stereocenters. The molecule has 1 saturated heterocycles. The van der Waals surface area contributed by atoms with Gasteiger partial charge in [-0.3, -0.25) is 0 Å². The van der Waals surface area contributed by atoms with Crippen LogP contribution in [0.1, 0.15) is 30.4 Å². The van der Waals surface area contributed by atoms with Crippen molar-refractivity contribution in [3.05, 3.63) is 59.7 Å². The maximum Gasteiger partial charge on any atom is 0.416 e. The van der Waals surface area contributed by atoms with E-state index in [9.17, 15) is 26.3 Å². The van der Waals surface area contributed by atoms with E-state index in [2.05, 4.69) is 5.32 Å². The number of hydrogen-bond donors (Lipinski definition) is 1. The Labute approximate surface area is 165 Å². The second-order valence-electron chi connectivity index (χ2n) is 7.10. The summed E-state index contributed by atoms with van der Waals surface area (Å²) in [4.78, 5) is 0. The van der Waals surface area contributed by atoms with Crippen LogP contribution in [0.2, 0.25) is 0 Å². The lowest BCUT2D eigenvalue weighted by atomic mass is 9.55. The van der Waals surface area contributed by atoms with E-state index >= 15 is 0 Å². The summed E-state index contributed by atoms with van der Waals surface area (Å²) in [5.74, 6) is 0. The highest BCUT2D eigenvalue weighted by molar-refractivity contribution is 6.80. The van der Waals surface area contributed by atoms with Crippen LogP contribution in [0.25, 0.3) is 0 Å². The first kappa shape index (κ1) is 21.7. The van der Waals surface area contributed by atoms with Crippen LogP contribution in [0.5, 0.6) is 0 Å². The number of nitrogens with one attached hydrogen (secondary N) is 1. The van der Waals surface area contributed by atoms with Gasteiger partial charge in [0.1, 0.15) is 0 Å². The summed E-state index contributed by atoms with van der Waals surface area (Å²) >= 11 is 0. The summed E-state index contributed by atoms with van der Waals surface area (Å²) in [5.41, 5.74) is -0.676. The van der Waals surface area contributed by atoms with E-state index < -0.39 is 30.4 Å². The lowest BCUT2D eigenvalue weighted by Gasteiger charge is -2.25. The molecule has 0 bridgehead atoms. The van der Waals surface area contributed by atoms with Crippen molar-refractivity contribution in [3.8, 4) is 0 Å². The highest BCUT2D eigenvalue weighted by Crippen LogP contribution is 2.29. The minimum Gasteiger partial charge on any atom is -0.425 e. The van der Waals surface area contributed by atoms with Gasteiger partial charge < -0.3 is 9.97 Å². The predicted octanol–water partition coefficient (Wildman–Crippen LogP) is 3.99. The Balaban J connectivity index is 1.84. The van der Waals surface area contributed by atoms with Crippen molar-refractivity contribution in [1.29, 1.82) is 0 Å². The van der Waals surface area contributed by atoms with Gasteiger partial charge in [-0.2, -0.15) is 26.3 Å². The van der Waals surface area contributed by atoms with Crippen molar-refractivity contribution in [2.75, 3.05) is 13.2 Å². The first-order valence-corrected chi connectivity index (χ1v) is 9.34. The van der Waals surface area contributed by atoms with Gasteiger partial charge in [-0.05, 0) is 30.3 Å². The smallest absolute Gasteiger partial charge is 0.416 e. The molecule has 3 rings (SSSR count). The third-order valence-corrected chi connectivity index (χ3v) is 4.96. The molecular formula is C20H20BF6NO. The highest BCUT2D eigenvalue weighted by atomic mass is 19.4. The van der Waals surface area contributed by atoms with Crippen LogP contribution < -0.4 is 16.2 Å². The van der Waals surface area contributed by atoms with Crippen LogP contribution >= 0.6 is 0 Å². The summed E-state index contributed by atoms with van der Waals surface area (Å²) in [7, 11) is 0. The van der Waals surface area contributed by atoms with Gasteiger partial charge in [-0.15, -0.1) is 0 Å². The molecule has 0 spiro atoms. The van der Waals surface area contributed by atoms with Crippen molar-refractivity contribution in [2.24, 2.45) is 0 Å². The molecule has 1 N–H and O–H groups in total. The highest BCUT2D eigenvalue weighted by Gasteiger charge is 2.33. The minimum atomic E-state index is -4.46. The molecule has 0 aliphatic carbocycles. The molecular weight excluding hydrogens is 395 g/mol. The first-order chi connectivity index (χ1) is 13.6. The van der Waals surface area contributed by atoms with Gasteiger partial charge in [-0.25, -0.2) is 0 Å². The Morgan fingerprint density at radius 1 is 0.793 bits per heavy atom. The van der Waals surface area contributed by atoms with Gasteiger partial charge in [0.15, 0.2) is 0 Å². The van der Waals surface area contributed by atoms with Crippen molar-refractivity contribution >= 4 is 17.8 Å². The van der Waals surface area contributed by atoms with E-state index in [1.807, 2.05) is 0 Å². The molecule has 29 heavy (non-hydrogen) atoms. The SMILES string of the molecule is FC(F)(F)c1ccc(B(OCC2CCCCN2)c2ccc(C(F)(F)F)cc2)cc1. The standard InChI is InChI=1S/C20H20BF6NO/c22-19(23,24)14-4-8-16(9-5-14)21(29-13-18-3-1-2-12-28-18)17-10-6-15(7-11-17)20(25,26)27/h4-11,18,28H,1-3,12-13H2. The van der Waals surface area contributed by atoms with Gasteiger partial charge >= 0.3 is 19.3 Å². The average Bonchev–Trinajstić information content (AvgIpc) is 2.68. The van der Waals surface area contributed by atoms with E-state index in [1.54, 1.807) is 0 Å². The molecule has 1 heterocycles. The Hall–Kier alpha value is -2.00. The molecule has 2 aromatic rings. The van der Waals surface area contributed by atoms with E-state index in [0.29, 0.717) is 17.5 Å². The van der Waals surface area contributed by atoms with E-state index in [0.717, 1.165) is 50.1 Å². The summed E-state index contributed by atoms with van der Waals surface area (Å²) < 4.78 is 83.0. The van der Waals surface area contributed by atoms with Crippen LogP contribution in [-0.4, -0.2) is 26.1 Å². The van der Waals surface area contributed by atoms with Gasteiger partial charge in [0.2, 0.25) is 0 Å². The molecule has 2 nitrogen and oxygen atoms in total. The molecule has 1 fully saturated rings. The topological polar surface area (TPSA) is 21.3 Å². The van der Waals surface area contributed by atoms with Crippen LogP contribution in [-0.2, 0) is 17.0 Å². The molecule has 0 amide bonds. The van der Waals surface area contributed by atoms with Gasteiger partial charge in [-0.1, -0.05) is 55.0 Å². The Kier molecular flexibility index (Phi) is 6.58. The average molecular weight is 415 g/mol. The van der Waals surface area contributed by atoms with Crippen molar-refractivity contribution in [1.82, 2.24) is 5.32 Å². The summed E-state index contributed by atoms with van der Waals surface area (Å²) in [6, 6.07) is 9.14. The Morgan fingerprint density at radius 3 is 1.66 bits per heavy atom. The van der Waals surface area contributed by atoms with Crippen LogP contribution in [0.15, 0.2) is 48.5 Å². The maximum absolute atomic E-state index is 12.8. The molecule has 1 unspecified atom stereocenters. The quantitative estimate of drug-likeness (QED) is 0.589. The fourth-order valence-electron chi connectivity index (χ4n) is 3.36. The van der Waals surface area contributed by atoms with Gasteiger partial charge in [0.05, 0.1) is 11.1 Å². The largest absolute Gasteiger partial charge is 0.425 e. The lowest BCUT2D eigenvalue weighted by Crippen LogP contribution is -2.48. The molecule has 2 aromatic carbocycles. The Morgan fingerprint density at radius 2 is 1.28 bits per heavy atom. The van der Waals surface area contributed by atoms with Crippen molar-refractivity contribution in [3.63, 3.8) is 0 Å². The zero-order valence-electron chi connectivity index (χ0n) is 15.5. The molecule has 1 aliphatic heterocycles. The van der Waals surface area contributed by atoms with E-state index in [4.69, 9.17) is 4.65 Å². The molecule has 0 radical (unpaired) electrons. The molecule has 0 aromatic heterocycles. The fraction of sp³-hybridized carbons (Fsp3) is 0.400. The summed E-state index contributed by atoms with van der Waals surface area (Å²) in [5, 5.41) is 3.31. The lowest BCUT2D eigenvalue weighted by molar-refractivity contribution is -0.138. The molecule has 9 heteroatoms. The van der Waals surface area contributed by atoms with E-state index in [1.165, 1.54) is 24.3 Å². The number of piperidine rings is 1. The summed E-state index contributed by atoms with van der Waals surface area (Å²) in [6.45, 7) is 0.412. The second kappa shape index (κ2) is 8.79. The normalized spacial score (nSPS) is 17.9. The minimum absolute atomic E-state index is 0.107. The summed E-state index contributed by atoms with van der Waals surface area (Å²) in [6.07, 6.45) is -5.90. The number of halogens is 6. The zero-order valence-corrected chi connectivity index (χ0v) is 15.5. The first-order valence-electron chi connectivity index (χ1n) is 9.34. The van der Waals surface area contributed by atoms with E-state index in [-0.39, 0.29) is 6.04 Å². The van der Waals surface area contributed by atoms with Crippen LogP contribution in [0.3, 0.4) is 0 Å². The monoisotopic (exact) mass is 415 g/mol. The van der Waals surface area contributed by atoms with Crippen molar-refractivity contribution < 1.29 is 31.0 Å². The second-order valence-corrected chi connectivity index (χ2v) is 7.10. The fourth-order valence-corrected chi connectivity index (χ4v) is 3.36. The number of rotatable bonds is 5. The molecule has 1 aliphatic rings.